The van der Waals surface area contributed by atoms with Crippen molar-refractivity contribution in [3.05, 3.63) is 34.9 Å². The van der Waals surface area contributed by atoms with Crippen molar-refractivity contribution in [2.75, 3.05) is 13.2 Å². The topological polar surface area (TPSA) is 26.3 Å². The molecule has 0 bridgehead atoms. The van der Waals surface area contributed by atoms with Gasteiger partial charge in [-0.2, -0.15) is 0 Å². The first-order valence-corrected chi connectivity index (χ1v) is 4.82. The summed E-state index contributed by atoms with van der Waals surface area (Å²) in [6.07, 6.45) is 0. The molecule has 0 unspecified atom stereocenters. The monoisotopic (exact) mass is 192 g/mol. The van der Waals surface area contributed by atoms with Crippen LogP contribution in [0.2, 0.25) is 0 Å². The lowest BCUT2D eigenvalue weighted by atomic mass is 10.0. The van der Waals surface area contributed by atoms with Gasteiger partial charge in [-0.1, -0.05) is 17.2 Å². The van der Waals surface area contributed by atoms with E-state index in [9.17, 15) is 4.79 Å². The van der Waals surface area contributed by atoms with Crippen LogP contribution in [0.15, 0.2) is 18.2 Å². The van der Waals surface area contributed by atoms with E-state index in [4.69, 9.17) is 4.74 Å². The number of rotatable bonds is 4. The van der Waals surface area contributed by atoms with Crippen molar-refractivity contribution in [1.29, 1.82) is 0 Å². The van der Waals surface area contributed by atoms with E-state index in [-0.39, 0.29) is 12.4 Å². The van der Waals surface area contributed by atoms with Crippen LogP contribution in [0.3, 0.4) is 0 Å². The Hall–Kier alpha value is -1.15. The van der Waals surface area contributed by atoms with Gasteiger partial charge < -0.3 is 4.74 Å². The van der Waals surface area contributed by atoms with Crippen molar-refractivity contribution in [3.8, 4) is 0 Å². The van der Waals surface area contributed by atoms with Gasteiger partial charge in [0.1, 0.15) is 6.61 Å². The van der Waals surface area contributed by atoms with Gasteiger partial charge in [-0.05, 0) is 32.9 Å². The number of hydrogen-bond donors (Lipinski definition) is 0. The number of hydrogen-bond acceptors (Lipinski definition) is 2. The molecule has 0 N–H and O–H groups in total. The Balaban J connectivity index is 2.79. The highest BCUT2D eigenvalue weighted by Crippen LogP contribution is 2.09. The van der Waals surface area contributed by atoms with Crippen molar-refractivity contribution in [2.24, 2.45) is 0 Å². The highest BCUT2D eigenvalue weighted by Gasteiger charge is 2.06. The van der Waals surface area contributed by atoms with Crippen molar-refractivity contribution in [3.63, 3.8) is 0 Å². The average molecular weight is 192 g/mol. The maximum atomic E-state index is 11.6. The fourth-order valence-corrected chi connectivity index (χ4v) is 1.41. The molecule has 0 heterocycles. The summed E-state index contributed by atoms with van der Waals surface area (Å²) in [4.78, 5) is 11.6. The molecule has 0 aromatic heterocycles. The van der Waals surface area contributed by atoms with Crippen LogP contribution in [-0.4, -0.2) is 19.0 Å². The molecule has 2 heteroatoms. The number of benzene rings is 1. The van der Waals surface area contributed by atoms with E-state index >= 15 is 0 Å². The van der Waals surface area contributed by atoms with E-state index in [0.717, 1.165) is 16.7 Å². The second-order valence-corrected chi connectivity index (χ2v) is 3.44. The normalized spacial score (nSPS) is 10.2. The number of ketones is 1. The molecular weight excluding hydrogens is 176 g/mol. The molecule has 0 fully saturated rings. The molecule has 1 rings (SSSR count). The van der Waals surface area contributed by atoms with E-state index < -0.39 is 0 Å². The van der Waals surface area contributed by atoms with Gasteiger partial charge in [-0.15, -0.1) is 0 Å². The molecule has 0 radical (unpaired) electrons. The van der Waals surface area contributed by atoms with Gasteiger partial charge in [-0.25, -0.2) is 0 Å². The van der Waals surface area contributed by atoms with Gasteiger partial charge >= 0.3 is 0 Å². The minimum absolute atomic E-state index is 0.0543. The third-order valence-corrected chi connectivity index (χ3v) is 1.98. The molecule has 1 aromatic rings. The lowest BCUT2D eigenvalue weighted by Gasteiger charge is -2.04. The van der Waals surface area contributed by atoms with E-state index in [2.05, 4.69) is 6.07 Å². The van der Waals surface area contributed by atoms with Crippen LogP contribution in [-0.2, 0) is 4.74 Å². The van der Waals surface area contributed by atoms with E-state index in [1.165, 1.54) is 0 Å². The fraction of sp³-hybridized carbons (Fsp3) is 0.417. The Kier molecular flexibility index (Phi) is 3.84. The zero-order valence-corrected chi connectivity index (χ0v) is 8.96. The van der Waals surface area contributed by atoms with Crippen LogP contribution in [0.4, 0.5) is 0 Å². The first-order valence-electron chi connectivity index (χ1n) is 4.82. The summed E-state index contributed by atoms with van der Waals surface area (Å²) in [5, 5.41) is 0. The number of Topliss-reactive ketones (excluding diaryl/α,β-unsaturated/α-hetero) is 1. The van der Waals surface area contributed by atoms with Crippen molar-refractivity contribution >= 4 is 5.78 Å². The Morgan fingerprint density at radius 2 is 1.79 bits per heavy atom. The van der Waals surface area contributed by atoms with Crippen LogP contribution in [0.5, 0.6) is 0 Å². The molecule has 0 amide bonds. The summed E-state index contributed by atoms with van der Waals surface area (Å²) >= 11 is 0. The fourth-order valence-electron chi connectivity index (χ4n) is 1.41. The van der Waals surface area contributed by atoms with Gasteiger partial charge in [-0.3, -0.25) is 4.79 Å². The molecule has 0 aliphatic heterocycles. The maximum Gasteiger partial charge on any atom is 0.188 e. The van der Waals surface area contributed by atoms with Gasteiger partial charge in [0.2, 0.25) is 0 Å². The molecule has 0 aliphatic carbocycles. The summed E-state index contributed by atoms with van der Waals surface area (Å²) in [5.41, 5.74) is 2.98. The molecule has 0 atom stereocenters. The Morgan fingerprint density at radius 3 is 2.29 bits per heavy atom. The SMILES string of the molecule is CCOCC(=O)c1cc(C)cc(C)c1. The summed E-state index contributed by atoms with van der Waals surface area (Å²) in [6.45, 7) is 6.62. The number of aryl methyl sites for hydroxylation is 2. The quantitative estimate of drug-likeness (QED) is 0.685. The van der Waals surface area contributed by atoms with Crippen LogP contribution >= 0.6 is 0 Å². The van der Waals surface area contributed by atoms with E-state index in [1.54, 1.807) is 0 Å². The Labute approximate surface area is 84.9 Å². The van der Waals surface area contributed by atoms with Crippen LogP contribution < -0.4 is 0 Å². The molecule has 0 spiro atoms. The van der Waals surface area contributed by atoms with E-state index in [1.807, 2.05) is 32.9 Å². The minimum Gasteiger partial charge on any atom is -0.374 e. The van der Waals surface area contributed by atoms with Gasteiger partial charge in [0, 0.05) is 12.2 Å². The van der Waals surface area contributed by atoms with Crippen molar-refractivity contribution in [2.45, 2.75) is 20.8 Å². The molecule has 76 valence electrons. The standard InChI is InChI=1S/C12H16O2/c1-4-14-8-12(13)11-6-9(2)5-10(3)7-11/h5-7H,4,8H2,1-3H3. The molecule has 0 saturated carbocycles. The second kappa shape index (κ2) is 4.91. The highest BCUT2D eigenvalue weighted by atomic mass is 16.5. The van der Waals surface area contributed by atoms with Gasteiger partial charge in [0.25, 0.3) is 0 Å². The predicted molar refractivity (Wildman–Crippen MR) is 56.7 cm³/mol. The summed E-state index contributed by atoms with van der Waals surface area (Å²) in [7, 11) is 0. The lowest BCUT2D eigenvalue weighted by Crippen LogP contribution is -2.09. The Bertz CT molecular complexity index is 309. The largest absolute Gasteiger partial charge is 0.374 e. The summed E-state index contributed by atoms with van der Waals surface area (Å²) in [5.74, 6) is 0.0543. The smallest absolute Gasteiger partial charge is 0.188 e. The molecule has 0 saturated heterocycles. The van der Waals surface area contributed by atoms with Crippen LogP contribution in [0.25, 0.3) is 0 Å². The minimum atomic E-state index is 0.0543. The average Bonchev–Trinajstić information content (AvgIpc) is 2.12. The predicted octanol–water partition coefficient (Wildman–Crippen LogP) is 2.52. The van der Waals surface area contributed by atoms with E-state index in [0.29, 0.717) is 6.61 Å². The van der Waals surface area contributed by atoms with Crippen LogP contribution in [0.1, 0.15) is 28.4 Å². The zero-order valence-electron chi connectivity index (χ0n) is 8.96. The van der Waals surface area contributed by atoms with Crippen molar-refractivity contribution < 1.29 is 9.53 Å². The molecule has 1 aromatic carbocycles. The number of carbonyl (C=O) groups excluding carboxylic acids is 1. The van der Waals surface area contributed by atoms with Crippen molar-refractivity contribution in [1.82, 2.24) is 0 Å². The zero-order chi connectivity index (χ0) is 10.6. The molecular formula is C12H16O2. The first kappa shape index (κ1) is 10.9. The lowest BCUT2D eigenvalue weighted by molar-refractivity contribution is 0.0783. The van der Waals surface area contributed by atoms with Gasteiger partial charge in [0.15, 0.2) is 5.78 Å². The third kappa shape index (κ3) is 2.96. The van der Waals surface area contributed by atoms with Gasteiger partial charge in [0.05, 0.1) is 0 Å². The van der Waals surface area contributed by atoms with Crippen LogP contribution in [0, 0.1) is 13.8 Å². The summed E-state index contributed by atoms with van der Waals surface area (Å²) < 4.78 is 5.08. The molecule has 14 heavy (non-hydrogen) atoms. The summed E-state index contributed by atoms with van der Waals surface area (Å²) in [6, 6.07) is 5.85. The number of ether oxygens (including phenoxy) is 1. The Morgan fingerprint density at radius 1 is 1.21 bits per heavy atom. The highest BCUT2D eigenvalue weighted by molar-refractivity contribution is 5.97. The third-order valence-electron chi connectivity index (χ3n) is 1.98. The first-order chi connectivity index (χ1) is 6.63. The molecule has 2 nitrogen and oxygen atoms in total. The maximum absolute atomic E-state index is 11.6. The second-order valence-electron chi connectivity index (χ2n) is 3.44. The number of carbonyl (C=O) groups is 1. The molecule has 0 aliphatic rings.